The standard InChI is InChI=1S/C46H89NO4/c1-3-5-7-9-11-13-15-17-18-19-20-21-22-23-24-25-26-27-29-30-32-34-36-38-40-44(49)46(51)43(42-48)47-45(50)41-39-37-35-33-31-28-16-14-12-10-8-6-4-2/h28,31-32,34,43-44,46,48-49,51H,3-27,29-30,33,35-42H2,1-2H3,(H,47,50)/b31-28-,34-32+. The van der Waals surface area contributed by atoms with Crippen molar-refractivity contribution < 1.29 is 20.1 Å². The summed E-state index contributed by atoms with van der Waals surface area (Å²) >= 11 is 0. The summed E-state index contributed by atoms with van der Waals surface area (Å²) in [5.41, 5.74) is 0. The Kier molecular flexibility index (Phi) is 40.6. The van der Waals surface area contributed by atoms with E-state index in [1.54, 1.807) is 0 Å². The van der Waals surface area contributed by atoms with Gasteiger partial charge in [0.1, 0.15) is 6.10 Å². The number of allylic oxidation sites excluding steroid dienone is 4. The molecule has 0 aliphatic heterocycles. The maximum Gasteiger partial charge on any atom is 0.220 e. The number of carbonyl (C=O) groups is 1. The van der Waals surface area contributed by atoms with Gasteiger partial charge >= 0.3 is 0 Å². The fourth-order valence-corrected chi connectivity index (χ4v) is 6.98. The van der Waals surface area contributed by atoms with Crippen molar-refractivity contribution in [2.45, 2.75) is 257 Å². The molecule has 5 heteroatoms. The lowest BCUT2D eigenvalue weighted by Gasteiger charge is -2.26. The van der Waals surface area contributed by atoms with E-state index in [-0.39, 0.29) is 12.5 Å². The number of hydrogen-bond donors (Lipinski definition) is 4. The molecule has 1 amide bonds. The summed E-state index contributed by atoms with van der Waals surface area (Å²) < 4.78 is 0. The van der Waals surface area contributed by atoms with E-state index in [1.807, 2.05) is 0 Å². The first kappa shape index (κ1) is 49.8. The van der Waals surface area contributed by atoms with Crippen molar-refractivity contribution in [1.82, 2.24) is 5.32 Å². The average molecular weight is 720 g/mol. The maximum absolute atomic E-state index is 12.4. The first-order valence-corrected chi connectivity index (χ1v) is 22.6. The third kappa shape index (κ3) is 37.0. The van der Waals surface area contributed by atoms with E-state index >= 15 is 0 Å². The Bertz CT molecular complexity index is 754. The van der Waals surface area contributed by atoms with Crippen LogP contribution in [0.2, 0.25) is 0 Å². The molecule has 302 valence electrons. The Hall–Kier alpha value is -1.17. The van der Waals surface area contributed by atoms with Crippen LogP contribution in [0.3, 0.4) is 0 Å². The second-order valence-corrected chi connectivity index (χ2v) is 15.6. The number of hydrogen-bond acceptors (Lipinski definition) is 4. The maximum atomic E-state index is 12.4. The highest BCUT2D eigenvalue weighted by molar-refractivity contribution is 5.76. The van der Waals surface area contributed by atoms with Crippen LogP contribution in [0.4, 0.5) is 0 Å². The summed E-state index contributed by atoms with van der Waals surface area (Å²) in [6, 6.07) is -0.831. The monoisotopic (exact) mass is 720 g/mol. The third-order valence-corrected chi connectivity index (χ3v) is 10.5. The smallest absolute Gasteiger partial charge is 0.220 e. The zero-order valence-corrected chi connectivity index (χ0v) is 34.2. The lowest BCUT2D eigenvalue weighted by molar-refractivity contribution is -0.124. The van der Waals surface area contributed by atoms with Gasteiger partial charge in [-0.25, -0.2) is 0 Å². The number of aliphatic hydroxyl groups is 3. The predicted molar refractivity (Wildman–Crippen MR) is 222 cm³/mol. The minimum atomic E-state index is -1.16. The molecule has 3 unspecified atom stereocenters. The molecule has 0 saturated heterocycles. The van der Waals surface area contributed by atoms with Gasteiger partial charge in [0.05, 0.1) is 18.8 Å². The average Bonchev–Trinajstić information content (AvgIpc) is 3.13. The first-order valence-electron chi connectivity index (χ1n) is 22.6. The van der Waals surface area contributed by atoms with Crippen LogP contribution < -0.4 is 5.32 Å². The molecule has 0 fully saturated rings. The zero-order valence-electron chi connectivity index (χ0n) is 34.2. The zero-order chi connectivity index (χ0) is 37.3. The minimum absolute atomic E-state index is 0.170. The molecule has 0 spiro atoms. The van der Waals surface area contributed by atoms with Crippen molar-refractivity contribution >= 4 is 5.91 Å². The summed E-state index contributed by atoms with van der Waals surface area (Å²) in [7, 11) is 0. The molecule has 0 aromatic carbocycles. The fraction of sp³-hybridized carbons (Fsp3) is 0.891. The second kappa shape index (κ2) is 41.6. The highest BCUT2D eigenvalue weighted by Crippen LogP contribution is 2.16. The molecule has 0 aliphatic carbocycles. The minimum Gasteiger partial charge on any atom is -0.394 e. The number of aliphatic hydroxyl groups excluding tert-OH is 3. The largest absolute Gasteiger partial charge is 0.394 e. The molecule has 0 heterocycles. The molecule has 4 N–H and O–H groups in total. The highest BCUT2D eigenvalue weighted by Gasteiger charge is 2.26. The van der Waals surface area contributed by atoms with Gasteiger partial charge in [0.2, 0.25) is 5.91 Å². The molecule has 0 aromatic heterocycles. The summed E-state index contributed by atoms with van der Waals surface area (Å²) in [6.07, 6.45) is 50.2. The van der Waals surface area contributed by atoms with Crippen LogP contribution in [-0.2, 0) is 4.79 Å². The molecule has 51 heavy (non-hydrogen) atoms. The van der Waals surface area contributed by atoms with Crippen LogP contribution in [0.5, 0.6) is 0 Å². The Morgan fingerprint density at radius 2 is 0.784 bits per heavy atom. The van der Waals surface area contributed by atoms with Crippen molar-refractivity contribution in [1.29, 1.82) is 0 Å². The predicted octanol–water partition coefficient (Wildman–Crippen LogP) is 13.0. The van der Waals surface area contributed by atoms with Gasteiger partial charge in [-0.15, -0.1) is 0 Å². The summed E-state index contributed by atoms with van der Waals surface area (Å²) in [5, 5.41) is 33.5. The first-order chi connectivity index (χ1) is 25.1. The highest BCUT2D eigenvalue weighted by atomic mass is 16.3. The van der Waals surface area contributed by atoms with Gasteiger partial charge in [0, 0.05) is 6.42 Å². The van der Waals surface area contributed by atoms with E-state index in [4.69, 9.17) is 0 Å². The molecule has 0 aromatic rings. The number of nitrogens with one attached hydrogen (secondary N) is 1. The summed E-state index contributed by atoms with van der Waals surface area (Å²) in [4.78, 5) is 12.4. The lowest BCUT2D eigenvalue weighted by atomic mass is 10.0. The van der Waals surface area contributed by atoms with E-state index < -0.39 is 18.2 Å². The van der Waals surface area contributed by atoms with Gasteiger partial charge in [-0.05, 0) is 64.2 Å². The van der Waals surface area contributed by atoms with Crippen molar-refractivity contribution in [2.75, 3.05) is 6.61 Å². The molecule has 5 nitrogen and oxygen atoms in total. The fourth-order valence-electron chi connectivity index (χ4n) is 6.98. The Morgan fingerprint density at radius 1 is 0.471 bits per heavy atom. The van der Waals surface area contributed by atoms with E-state index in [1.165, 1.54) is 167 Å². The molecule has 0 radical (unpaired) electrons. The van der Waals surface area contributed by atoms with Gasteiger partial charge in [0.25, 0.3) is 0 Å². The van der Waals surface area contributed by atoms with Crippen LogP contribution >= 0.6 is 0 Å². The van der Waals surface area contributed by atoms with Crippen molar-refractivity contribution in [3.63, 3.8) is 0 Å². The molecular weight excluding hydrogens is 631 g/mol. The van der Waals surface area contributed by atoms with Gasteiger partial charge in [-0.3, -0.25) is 4.79 Å². The van der Waals surface area contributed by atoms with Gasteiger partial charge < -0.3 is 20.6 Å². The molecule has 0 saturated carbocycles. The summed E-state index contributed by atoms with van der Waals surface area (Å²) in [5.74, 6) is -0.170. The van der Waals surface area contributed by atoms with Crippen molar-refractivity contribution in [2.24, 2.45) is 0 Å². The van der Waals surface area contributed by atoms with Crippen LogP contribution in [0.25, 0.3) is 0 Å². The van der Waals surface area contributed by atoms with Crippen molar-refractivity contribution in [3.05, 3.63) is 24.3 Å². The number of amides is 1. The van der Waals surface area contributed by atoms with E-state index in [0.29, 0.717) is 12.8 Å². The number of unbranched alkanes of at least 4 members (excludes halogenated alkanes) is 29. The van der Waals surface area contributed by atoms with Crippen molar-refractivity contribution in [3.8, 4) is 0 Å². The van der Waals surface area contributed by atoms with Crippen LogP contribution in [0, 0.1) is 0 Å². The Morgan fingerprint density at radius 3 is 1.14 bits per heavy atom. The Balaban J connectivity index is 3.62. The van der Waals surface area contributed by atoms with Crippen LogP contribution in [0.1, 0.15) is 239 Å². The second-order valence-electron chi connectivity index (χ2n) is 15.6. The lowest BCUT2D eigenvalue weighted by Crippen LogP contribution is -2.50. The molecule has 3 atom stereocenters. The van der Waals surface area contributed by atoms with Gasteiger partial charge in [-0.1, -0.05) is 192 Å². The number of carbonyl (C=O) groups excluding carboxylic acids is 1. The Labute approximate surface area is 318 Å². The van der Waals surface area contributed by atoms with E-state index in [9.17, 15) is 20.1 Å². The van der Waals surface area contributed by atoms with Gasteiger partial charge in [0.15, 0.2) is 0 Å². The molecule has 0 bridgehead atoms. The van der Waals surface area contributed by atoms with Crippen LogP contribution in [0.15, 0.2) is 24.3 Å². The normalized spacial score (nSPS) is 13.7. The quantitative estimate of drug-likeness (QED) is 0.0374. The van der Waals surface area contributed by atoms with E-state index in [0.717, 1.165) is 44.9 Å². The SMILES string of the molecule is CCCCCCCC/C=C\CCCCCC(=O)NC(CO)C(O)C(O)CCC/C=C/CCCCCCCCCCCCCCCCCCCCC. The van der Waals surface area contributed by atoms with E-state index in [2.05, 4.69) is 43.5 Å². The summed E-state index contributed by atoms with van der Waals surface area (Å²) in [6.45, 7) is 4.16. The molecule has 0 aliphatic rings. The molecule has 0 rings (SSSR count). The number of rotatable bonds is 41. The van der Waals surface area contributed by atoms with Gasteiger partial charge in [-0.2, -0.15) is 0 Å². The van der Waals surface area contributed by atoms with Crippen LogP contribution in [-0.4, -0.2) is 46.1 Å². The topological polar surface area (TPSA) is 89.8 Å². The third-order valence-electron chi connectivity index (χ3n) is 10.5. The molecular formula is C46H89NO4.